The molecule has 0 atom stereocenters. The fraction of sp³-hybridized carbons (Fsp3) is 0.167. The summed E-state index contributed by atoms with van der Waals surface area (Å²) in [6.07, 6.45) is 0.615. The van der Waals surface area contributed by atoms with Gasteiger partial charge >= 0.3 is 5.97 Å². The topological polar surface area (TPSA) is 50.2 Å². The molecule has 0 saturated heterocycles. The van der Waals surface area contributed by atoms with E-state index < -0.39 is 5.97 Å². The number of aryl methyl sites for hydroxylation is 1. The van der Waals surface area contributed by atoms with Crippen molar-refractivity contribution in [2.75, 3.05) is 0 Å². The van der Waals surface area contributed by atoms with Crippen LogP contribution in [-0.4, -0.2) is 16.1 Å². The molecule has 82 valence electrons. The molecule has 1 aromatic heterocycles. The van der Waals surface area contributed by atoms with Gasteiger partial charge in [-0.1, -0.05) is 28.9 Å². The zero-order valence-electron chi connectivity index (χ0n) is 8.70. The number of hydrogen-bond acceptors (Lipinski definition) is 2. The first kappa shape index (κ1) is 11.1. The van der Waals surface area contributed by atoms with Crippen LogP contribution >= 0.6 is 15.9 Å². The molecule has 0 fully saturated rings. The van der Waals surface area contributed by atoms with Gasteiger partial charge in [-0.2, -0.15) is 0 Å². The molecule has 0 spiro atoms. The molecule has 0 unspecified atom stereocenters. The molecule has 1 N–H and O–H groups in total. The lowest BCUT2D eigenvalue weighted by Gasteiger charge is -2.05. The van der Waals surface area contributed by atoms with Crippen LogP contribution in [0.3, 0.4) is 0 Å². The molecule has 2 rings (SSSR count). The second kappa shape index (κ2) is 4.22. The van der Waals surface area contributed by atoms with Crippen molar-refractivity contribution in [1.29, 1.82) is 0 Å². The fourth-order valence-electron chi connectivity index (χ4n) is 1.63. The number of aromatic carboxylic acids is 1. The molecule has 1 heterocycles. The number of carboxylic acids is 1. The van der Waals surface area contributed by atoms with Gasteiger partial charge in [-0.25, -0.2) is 4.79 Å². The van der Waals surface area contributed by atoms with Gasteiger partial charge in [0.15, 0.2) is 0 Å². The van der Waals surface area contributed by atoms with Gasteiger partial charge in [-0.05, 0) is 24.6 Å². The Labute approximate surface area is 101 Å². The summed E-state index contributed by atoms with van der Waals surface area (Å²) in [7, 11) is 0. The molecule has 16 heavy (non-hydrogen) atoms. The zero-order valence-corrected chi connectivity index (χ0v) is 10.3. The summed E-state index contributed by atoms with van der Waals surface area (Å²) in [6, 6.07) is 7.30. The van der Waals surface area contributed by atoms with Gasteiger partial charge in [0, 0.05) is 9.86 Å². The number of carboxylic acid groups (broad SMARTS) is 1. The lowest BCUT2D eigenvalue weighted by Crippen LogP contribution is -2.04. The predicted molar refractivity (Wildman–Crippen MR) is 65.8 cm³/mol. The van der Waals surface area contributed by atoms with Crippen LogP contribution in [0.4, 0.5) is 0 Å². The molecule has 0 aliphatic rings. The molecule has 0 saturated carbocycles. The highest BCUT2D eigenvalue weighted by Gasteiger charge is 2.11. The van der Waals surface area contributed by atoms with E-state index in [0.717, 1.165) is 15.4 Å². The summed E-state index contributed by atoms with van der Waals surface area (Å²) in [5.74, 6) is -0.922. The van der Waals surface area contributed by atoms with E-state index in [0.29, 0.717) is 12.1 Å². The third-order valence-corrected chi connectivity index (χ3v) is 2.92. The maximum atomic E-state index is 11.0. The van der Waals surface area contributed by atoms with Crippen LogP contribution in [0.25, 0.3) is 10.9 Å². The Bertz CT molecular complexity index is 566. The van der Waals surface area contributed by atoms with Crippen LogP contribution in [0.1, 0.15) is 23.0 Å². The molecule has 0 radical (unpaired) electrons. The van der Waals surface area contributed by atoms with Crippen molar-refractivity contribution in [3.63, 3.8) is 0 Å². The summed E-state index contributed by atoms with van der Waals surface area (Å²) in [4.78, 5) is 15.4. The van der Waals surface area contributed by atoms with Gasteiger partial charge in [0.25, 0.3) is 0 Å². The largest absolute Gasteiger partial charge is 0.478 e. The number of halogens is 1. The fourth-order valence-corrected chi connectivity index (χ4v) is 1.98. The summed E-state index contributed by atoms with van der Waals surface area (Å²) in [5, 5.41) is 9.91. The van der Waals surface area contributed by atoms with Crippen molar-refractivity contribution in [2.24, 2.45) is 0 Å². The minimum Gasteiger partial charge on any atom is -0.478 e. The number of aromatic nitrogens is 1. The van der Waals surface area contributed by atoms with Gasteiger partial charge < -0.3 is 5.11 Å². The van der Waals surface area contributed by atoms with Crippen LogP contribution in [0.5, 0.6) is 0 Å². The third-order valence-electron chi connectivity index (χ3n) is 2.42. The molecular weight excluding hydrogens is 270 g/mol. The second-order valence-corrected chi connectivity index (χ2v) is 4.39. The van der Waals surface area contributed by atoms with Crippen molar-refractivity contribution in [2.45, 2.75) is 13.3 Å². The van der Waals surface area contributed by atoms with E-state index in [1.807, 2.05) is 25.1 Å². The standard InChI is InChI=1S/C12H10BrNO2/c1-2-10-9(12(15)16)5-7-3-4-8(13)6-11(7)14-10/h3-6H,2H2,1H3,(H,15,16). The van der Waals surface area contributed by atoms with Gasteiger partial charge in [-0.15, -0.1) is 0 Å². The average molecular weight is 280 g/mol. The van der Waals surface area contributed by atoms with Crippen LogP contribution < -0.4 is 0 Å². The average Bonchev–Trinajstić information content (AvgIpc) is 2.26. The number of hydrogen-bond donors (Lipinski definition) is 1. The van der Waals surface area contributed by atoms with Crippen LogP contribution in [0.15, 0.2) is 28.7 Å². The SMILES string of the molecule is CCc1nc2cc(Br)ccc2cc1C(=O)O. The number of fused-ring (bicyclic) bond motifs is 1. The lowest BCUT2D eigenvalue weighted by atomic mass is 10.1. The summed E-state index contributed by atoms with van der Waals surface area (Å²) < 4.78 is 0.942. The van der Waals surface area contributed by atoms with Crippen molar-refractivity contribution in [1.82, 2.24) is 4.98 Å². The Morgan fingerprint density at radius 1 is 1.44 bits per heavy atom. The summed E-state index contributed by atoms with van der Waals surface area (Å²) >= 11 is 3.37. The van der Waals surface area contributed by atoms with Crippen molar-refractivity contribution in [3.8, 4) is 0 Å². The van der Waals surface area contributed by atoms with Crippen molar-refractivity contribution >= 4 is 32.8 Å². The van der Waals surface area contributed by atoms with E-state index in [2.05, 4.69) is 20.9 Å². The van der Waals surface area contributed by atoms with Gasteiger partial charge in [-0.3, -0.25) is 4.98 Å². The first-order valence-corrected chi connectivity index (χ1v) is 5.73. The number of benzene rings is 1. The quantitative estimate of drug-likeness (QED) is 0.918. The highest BCUT2D eigenvalue weighted by atomic mass is 79.9. The Morgan fingerprint density at radius 2 is 2.19 bits per heavy atom. The molecule has 0 aliphatic carbocycles. The highest BCUT2D eigenvalue weighted by molar-refractivity contribution is 9.10. The number of pyridine rings is 1. The predicted octanol–water partition coefficient (Wildman–Crippen LogP) is 3.26. The highest BCUT2D eigenvalue weighted by Crippen LogP contribution is 2.21. The summed E-state index contributed by atoms with van der Waals surface area (Å²) in [5.41, 5.74) is 1.73. The molecule has 1 aromatic carbocycles. The monoisotopic (exact) mass is 279 g/mol. The summed E-state index contributed by atoms with van der Waals surface area (Å²) in [6.45, 7) is 1.90. The van der Waals surface area contributed by atoms with Crippen molar-refractivity contribution in [3.05, 3.63) is 40.0 Å². The smallest absolute Gasteiger partial charge is 0.337 e. The normalized spacial score (nSPS) is 10.6. The van der Waals surface area contributed by atoms with Gasteiger partial charge in [0.05, 0.1) is 16.8 Å². The van der Waals surface area contributed by atoms with Gasteiger partial charge in [0.2, 0.25) is 0 Å². The van der Waals surface area contributed by atoms with Gasteiger partial charge in [0.1, 0.15) is 0 Å². The lowest BCUT2D eigenvalue weighted by molar-refractivity contribution is 0.0695. The molecular formula is C12H10BrNO2. The van der Waals surface area contributed by atoms with Crippen LogP contribution in [0, 0.1) is 0 Å². The first-order valence-electron chi connectivity index (χ1n) is 4.94. The number of carbonyl (C=O) groups is 1. The third kappa shape index (κ3) is 1.93. The number of rotatable bonds is 2. The Balaban J connectivity index is 2.75. The first-order chi connectivity index (χ1) is 7.61. The second-order valence-electron chi connectivity index (χ2n) is 3.48. The molecule has 0 aliphatic heterocycles. The minimum absolute atomic E-state index is 0.289. The molecule has 0 amide bonds. The van der Waals surface area contributed by atoms with Crippen LogP contribution in [0.2, 0.25) is 0 Å². The molecule has 0 bridgehead atoms. The maximum absolute atomic E-state index is 11.0. The number of nitrogens with zero attached hydrogens (tertiary/aromatic N) is 1. The van der Waals surface area contributed by atoms with E-state index >= 15 is 0 Å². The molecule has 4 heteroatoms. The Kier molecular flexibility index (Phi) is 2.92. The van der Waals surface area contributed by atoms with E-state index in [9.17, 15) is 4.79 Å². The molecule has 2 aromatic rings. The van der Waals surface area contributed by atoms with E-state index in [1.54, 1.807) is 6.07 Å². The van der Waals surface area contributed by atoms with Crippen LogP contribution in [-0.2, 0) is 6.42 Å². The minimum atomic E-state index is -0.922. The molecule has 3 nitrogen and oxygen atoms in total. The van der Waals surface area contributed by atoms with E-state index in [-0.39, 0.29) is 5.56 Å². The Morgan fingerprint density at radius 3 is 2.81 bits per heavy atom. The zero-order chi connectivity index (χ0) is 11.7. The Hall–Kier alpha value is -1.42. The van der Waals surface area contributed by atoms with Crippen molar-refractivity contribution < 1.29 is 9.90 Å². The van der Waals surface area contributed by atoms with E-state index in [4.69, 9.17) is 5.11 Å². The van der Waals surface area contributed by atoms with E-state index in [1.165, 1.54) is 0 Å². The maximum Gasteiger partial charge on any atom is 0.337 e.